The van der Waals surface area contributed by atoms with E-state index in [-0.39, 0.29) is 48.4 Å². The van der Waals surface area contributed by atoms with E-state index in [2.05, 4.69) is 4.72 Å². The van der Waals surface area contributed by atoms with Gasteiger partial charge in [0.2, 0.25) is 10.9 Å². The molecule has 1 atom stereocenters. The fourth-order valence-electron chi connectivity index (χ4n) is 1.87. The molecule has 1 aliphatic rings. The van der Waals surface area contributed by atoms with E-state index in [1.54, 1.807) is 6.92 Å². The first-order chi connectivity index (χ1) is 9.47. The predicted molar refractivity (Wildman–Crippen MR) is 77.8 cm³/mol. The van der Waals surface area contributed by atoms with Crippen molar-refractivity contribution in [3.63, 3.8) is 0 Å². The smallest absolute Gasteiger partial charge is 0.374 e. The number of esters is 1. The zero-order chi connectivity index (χ0) is 14.8. The lowest BCUT2D eigenvalue weighted by Crippen LogP contribution is -2.41. The fourth-order valence-corrected chi connectivity index (χ4v) is 3.12. The number of rotatable bonds is 7. The summed E-state index contributed by atoms with van der Waals surface area (Å²) in [4.78, 5) is 11.4. The van der Waals surface area contributed by atoms with Gasteiger partial charge in [0.1, 0.15) is 0 Å². The highest BCUT2D eigenvalue weighted by molar-refractivity contribution is 7.89. The van der Waals surface area contributed by atoms with Crippen LogP contribution in [-0.2, 0) is 14.8 Å². The molecule has 1 aliphatic carbocycles. The Morgan fingerprint density at radius 2 is 2.19 bits per heavy atom. The van der Waals surface area contributed by atoms with Gasteiger partial charge < -0.3 is 14.9 Å². The molecular formula is C12H19ClN2O5S. The SMILES string of the molecule is CCOC(=O)c1ccc(S(=O)(=O)NC(CN)C2CC2)o1.Cl. The summed E-state index contributed by atoms with van der Waals surface area (Å²) in [6, 6.07) is 2.21. The van der Waals surface area contributed by atoms with Crippen molar-refractivity contribution < 1.29 is 22.4 Å². The number of ether oxygens (including phenoxy) is 1. The Labute approximate surface area is 129 Å². The Morgan fingerprint density at radius 1 is 1.52 bits per heavy atom. The number of sulfonamides is 1. The van der Waals surface area contributed by atoms with Gasteiger partial charge in [-0.05, 0) is 37.8 Å². The third-order valence-corrected chi connectivity index (χ3v) is 4.44. The third-order valence-electron chi connectivity index (χ3n) is 3.07. The zero-order valence-corrected chi connectivity index (χ0v) is 13.2. The van der Waals surface area contributed by atoms with Gasteiger partial charge in [0, 0.05) is 12.6 Å². The van der Waals surface area contributed by atoms with Crippen LogP contribution in [-0.4, -0.2) is 33.6 Å². The number of hydrogen-bond acceptors (Lipinski definition) is 6. The van der Waals surface area contributed by atoms with Crippen LogP contribution < -0.4 is 10.5 Å². The van der Waals surface area contributed by atoms with E-state index < -0.39 is 16.0 Å². The van der Waals surface area contributed by atoms with Gasteiger partial charge in [0.05, 0.1) is 6.61 Å². The molecule has 3 N–H and O–H groups in total. The van der Waals surface area contributed by atoms with Gasteiger partial charge in [-0.3, -0.25) is 0 Å². The van der Waals surface area contributed by atoms with E-state index >= 15 is 0 Å². The highest BCUT2D eigenvalue weighted by atomic mass is 35.5. The summed E-state index contributed by atoms with van der Waals surface area (Å²) in [7, 11) is -3.81. The second-order valence-electron chi connectivity index (χ2n) is 4.64. The van der Waals surface area contributed by atoms with Crippen LogP contribution in [0.1, 0.15) is 30.3 Å². The lowest BCUT2D eigenvalue weighted by molar-refractivity contribution is 0.0484. The number of nitrogens with one attached hydrogen (secondary N) is 1. The van der Waals surface area contributed by atoms with Crippen molar-refractivity contribution >= 4 is 28.4 Å². The standard InChI is InChI=1S/C12H18N2O5S.ClH/c1-2-18-12(15)10-5-6-11(19-10)20(16,17)14-9(7-13)8-3-4-8;/h5-6,8-9,14H,2-4,7,13H2,1H3;1H. The predicted octanol–water partition coefficient (Wildman–Crippen LogP) is 0.894. The number of halogens is 1. The Kier molecular flexibility index (Phi) is 6.21. The van der Waals surface area contributed by atoms with Gasteiger partial charge in [-0.15, -0.1) is 12.4 Å². The molecule has 0 amide bonds. The Morgan fingerprint density at radius 3 is 2.71 bits per heavy atom. The maximum Gasteiger partial charge on any atom is 0.374 e. The topological polar surface area (TPSA) is 112 Å². The second-order valence-corrected chi connectivity index (χ2v) is 6.29. The first kappa shape index (κ1) is 18.0. The number of carbonyl (C=O) groups excluding carboxylic acids is 1. The van der Waals surface area contributed by atoms with Crippen molar-refractivity contribution in [1.29, 1.82) is 0 Å². The molecule has 9 heteroatoms. The highest BCUT2D eigenvalue weighted by Crippen LogP contribution is 2.33. The minimum atomic E-state index is -3.81. The molecule has 0 bridgehead atoms. The van der Waals surface area contributed by atoms with Crippen LogP contribution in [0.2, 0.25) is 0 Å². The van der Waals surface area contributed by atoms with Crippen LogP contribution in [0.3, 0.4) is 0 Å². The lowest BCUT2D eigenvalue weighted by Gasteiger charge is -2.14. The number of furan rings is 1. The normalized spacial score (nSPS) is 16.1. The molecule has 1 unspecified atom stereocenters. The molecule has 0 saturated heterocycles. The quantitative estimate of drug-likeness (QED) is 0.714. The molecule has 2 rings (SSSR count). The molecule has 21 heavy (non-hydrogen) atoms. The molecule has 1 heterocycles. The molecular weight excluding hydrogens is 320 g/mol. The minimum absolute atomic E-state index is 0. The molecule has 1 aromatic rings. The summed E-state index contributed by atoms with van der Waals surface area (Å²) in [5.41, 5.74) is 5.56. The Hall–Kier alpha value is -1.09. The van der Waals surface area contributed by atoms with Crippen molar-refractivity contribution in [3.05, 3.63) is 17.9 Å². The van der Waals surface area contributed by atoms with Gasteiger partial charge in [0.15, 0.2) is 0 Å². The number of carbonyl (C=O) groups is 1. The van der Waals surface area contributed by atoms with Crippen LogP contribution in [0.25, 0.3) is 0 Å². The molecule has 120 valence electrons. The molecule has 0 radical (unpaired) electrons. The summed E-state index contributed by atoms with van der Waals surface area (Å²) in [5.74, 6) is -0.538. The third kappa shape index (κ3) is 4.44. The van der Waals surface area contributed by atoms with Crippen LogP contribution in [0.5, 0.6) is 0 Å². The average Bonchev–Trinajstić information content (AvgIpc) is 3.11. The second kappa shape index (κ2) is 7.26. The Balaban J connectivity index is 0.00000220. The fraction of sp³-hybridized carbons (Fsp3) is 0.583. The van der Waals surface area contributed by atoms with E-state index in [0.29, 0.717) is 0 Å². The molecule has 1 saturated carbocycles. The zero-order valence-electron chi connectivity index (χ0n) is 11.6. The van der Waals surface area contributed by atoms with Gasteiger partial charge in [-0.25, -0.2) is 17.9 Å². The Bertz CT molecular complexity index is 582. The molecule has 7 nitrogen and oxygen atoms in total. The van der Waals surface area contributed by atoms with Crippen molar-refractivity contribution in [2.75, 3.05) is 13.2 Å². The molecule has 1 fully saturated rings. The van der Waals surface area contributed by atoms with Crippen LogP contribution in [0.4, 0.5) is 0 Å². The van der Waals surface area contributed by atoms with Crippen molar-refractivity contribution in [2.24, 2.45) is 11.7 Å². The van der Waals surface area contributed by atoms with Gasteiger partial charge >= 0.3 is 5.97 Å². The first-order valence-electron chi connectivity index (χ1n) is 6.47. The summed E-state index contributed by atoms with van der Waals surface area (Å²) in [6.07, 6.45) is 1.94. The highest BCUT2D eigenvalue weighted by Gasteiger charge is 2.34. The first-order valence-corrected chi connectivity index (χ1v) is 7.95. The molecule has 1 aromatic heterocycles. The van der Waals surface area contributed by atoms with E-state index in [1.807, 2.05) is 0 Å². The minimum Gasteiger partial charge on any atom is -0.460 e. The maximum atomic E-state index is 12.1. The van der Waals surface area contributed by atoms with Crippen LogP contribution in [0.15, 0.2) is 21.6 Å². The summed E-state index contributed by atoms with van der Waals surface area (Å²) < 4.78 is 36.5. The average molecular weight is 339 g/mol. The van der Waals surface area contributed by atoms with Gasteiger partial charge in [0.25, 0.3) is 10.0 Å². The summed E-state index contributed by atoms with van der Waals surface area (Å²) in [6.45, 7) is 2.08. The summed E-state index contributed by atoms with van der Waals surface area (Å²) >= 11 is 0. The van der Waals surface area contributed by atoms with Crippen molar-refractivity contribution in [3.8, 4) is 0 Å². The lowest BCUT2D eigenvalue weighted by atomic mass is 10.2. The van der Waals surface area contributed by atoms with E-state index in [4.69, 9.17) is 14.9 Å². The number of nitrogens with two attached hydrogens (primary N) is 1. The van der Waals surface area contributed by atoms with Crippen LogP contribution in [0, 0.1) is 5.92 Å². The number of hydrogen-bond donors (Lipinski definition) is 2. The van der Waals surface area contributed by atoms with Crippen molar-refractivity contribution in [1.82, 2.24) is 4.72 Å². The van der Waals surface area contributed by atoms with E-state index in [9.17, 15) is 13.2 Å². The van der Waals surface area contributed by atoms with Crippen LogP contribution >= 0.6 is 12.4 Å². The largest absolute Gasteiger partial charge is 0.460 e. The van der Waals surface area contributed by atoms with Gasteiger partial charge in [-0.1, -0.05) is 0 Å². The van der Waals surface area contributed by atoms with E-state index in [0.717, 1.165) is 12.8 Å². The summed E-state index contributed by atoms with van der Waals surface area (Å²) in [5, 5.41) is -0.306. The maximum absolute atomic E-state index is 12.1. The van der Waals surface area contributed by atoms with Crippen molar-refractivity contribution in [2.45, 2.75) is 30.9 Å². The monoisotopic (exact) mass is 338 g/mol. The van der Waals surface area contributed by atoms with E-state index in [1.165, 1.54) is 12.1 Å². The molecule has 0 spiro atoms. The van der Waals surface area contributed by atoms with Gasteiger partial charge in [-0.2, -0.15) is 0 Å². The molecule has 0 aromatic carbocycles. The molecule has 0 aliphatic heterocycles.